The Bertz CT molecular complexity index is 333. The number of hydrogen-bond acceptors (Lipinski definition) is 2. The van der Waals surface area contributed by atoms with Crippen molar-refractivity contribution < 1.29 is 4.39 Å². The van der Waals surface area contributed by atoms with Crippen LogP contribution in [0.1, 0.15) is 6.42 Å². The minimum Gasteiger partial charge on any atom is -0.385 e. The minimum absolute atomic E-state index is 0.0441. The molecule has 0 saturated carbocycles. The number of rotatable bonds is 5. The van der Waals surface area contributed by atoms with E-state index in [-0.39, 0.29) is 10.0 Å². The highest BCUT2D eigenvalue weighted by molar-refractivity contribution is 6.35. The molecule has 0 aliphatic rings. The quantitative estimate of drug-likeness (QED) is 0.647. The highest BCUT2D eigenvalue weighted by Gasteiger charge is 2.06. The van der Waals surface area contributed by atoms with Crippen molar-refractivity contribution in [3.05, 3.63) is 28.0 Å². The zero-order valence-corrected chi connectivity index (χ0v) is 10.9. The highest BCUT2D eigenvalue weighted by atomic mass is 35.5. The van der Waals surface area contributed by atoms with Gasteiger partial charge in [-0.25, -0.2) is 4.39 Å². The minimum atomic E-state index is -0.567. The summed E-state index contributed by atoms with van der Waals surface area (Å²) in [6.45, 7) is 1.80. The second-order valence-electron chi connectivity index (χ2n) is 3.84. The third-order valence-corrected chi connectivity index (χ3v) is 2.65. The largest absolute Gasteiger partial charge is 0.385 e. The lowest BCUT2D eigenvalue weighted by atomic mass is 10.3. The standard InChI is InChI=1S/C11H15Cl2FN2/c1-16(2)5-3-4-15-8-6-9(12)11(14)10(13)7-8/h6-7,15H,3-5H2,1-2H3. The van der Waals surface area contributed by atoms with E-state index in [2.05, 4.69) is 10.2 Å². The number of benzene rings is 1. The van der Waals surface area contributed by atoms with Crippen molar-refractivity contribution >= 4 is 28.9 Å². The van der Waals surface area contributed by atoms with Gasteiger partial charge in [0.1, 0.15) is 0 Å². The first-order valence-electron chi connectivity index (χ1n) is 5.04. The summed E-state index contributed by atoms with van der Waals surface area (Å²) in [4.78, 5) is 2.10. The second-order valence-corrected chi connectivity index (χ2v) is 4.65. The fraction of sp³-hybridized carbons (Fsp3) is 0.455. The van der Waals surface area contributed by atoms with Crippen LogP contribution in [-0.4, -0.2) is 32.1 Å². The lowest BCUT2D eigenvalue weighted by Crippen LogP contribution is -2.16. The van der Waals surface area contributed by atoms with Crippen LogP contribution in [0.25, 0.3) is 0 Å². The van der Waals surface area contributed by atoms with Gasteiger partial charge in [-0.15, -0.1) is 0 Å². The molecule has 90 valence electrons. The summed E-state index contributed by atoms with van der Waals surface area (Å²) in [5.74, 6) is -0.567. The molecule has 1 N–H and O–H groups in total. The molecule has 0 fully saturated rings. The summed E-state index contributed by atoms with van der Waals surface area (Å²) in [5, 5.41) is 3.23. The first-order chi connectivity index (χ1) is 7.50. The SMILES string of the molecule is CN(C)CCCNc1cc(Cl)c(F)c(Cl)c1. The maximum atomic E-state index is 13.1. The van der Waals surface area contributed by atoms with Crippen LogP contribution >= 0.6 is 23.2 Å². The van der Waals surface area contributed by atoms with Crippen LogP contribution in [-0.2, 0) is 0 Å². The summed E-state index contributed by atoms with van der Waals surface area (Å²) in [7, 11) is 4.04. The van der Waals surface area contributed by atoms with E-state index >= 15 is 0 Å². The van der Waals surface area contributed by atoms with Gasteiger partial charge in [0.05, 0.1) is 10.0 Å². The topological polar surface area (TPSA) is 15.3 Å². The Morgan fingerprint density at radius 2 is 1.81 bits per heavy atom. The number of anilines is 1. The summed E-state index contributed by atoms with van der Waals surface area (Å²) in [6, 6.07) is 3.08. The van der Waals surface area contributed by atoms with E-state index in [4.69, 9.17) is 23.2 Å². The third kappa shape index (κ3) is 4.16. The Hall–Kier alpha value is -0.510. The van der Waals surface area contributed by atoms with E-state index in [9.17, 15) is 4.39 Å². The van der Waals surface area contributed by atoms with Crippen LogP contribution in [0.15, 0.2) is 12.1 Å². The van der Waals surface area contributed by atoms with Crippen molar-refractivity contribution in [3.8, 4) is 0 Å². The van der Waals surface area contributed by atoms with Crippen molar-refractivity contribution in [2.24, 2.45) is 0 Å². The van der Waals surface area contributed by atoms with Gasteiger partial charge in [-0.1, -0.05) is 23.2 Å². The Balaban J connectivity index is 2.49. The lowest BCUT2D eigenvalue weighted by molar-refractivity contribution is 0.405. The van der Waals surface area contributed by atoms with Crippen molar-refractivity contribution in [3.63, 3.8) is 0 Å². The van der Waals surface area contributed by atoms with Crippen LogP contribution in [0.2, 0.25) is 10.0 Å². The van der Waals surface area contributed by atoms with Crippen LogP contribution in [0.3, 0.4) is 0 Å². The monoisotopic (exact) mass is 264 g/mol. The molecule has 0 aliphatic carbocycles. The van der Waals surface area contributed by atoms with Crippen molar-refractivity contribution in [2.45, 2.75) is 6.42 Å². The van der Waals surface area contributed by atoms with Gasteiger partial charge in [0, 0.05) is 12.2 Å². The molecule has 1 aromatic rings. The molecule has 0 spiro atoms. The van der Waals surface area contributed by atoms with Gasteiger partial charge in [0.15, 0.2) is 5.82 Å². The van der Waals surface area contributed by atoms with Crippen molar-refractivity contribution in [1.29, 1.82) is 0 Å². The number of hydrogen-bond donors (Lipinski definition) is 1. The van der Waals surface area contributed by atoms with Gasteiger partial charge in [0.25, 0.3) is 0 Å². The van der Waals surface area contributed by atoms with E-state index in [0.29, 0.717) is 0 Å². The molecule has 0 amide bonds. The smallest absolute Gasteiger partial charge is 0.160 e. The molecule has 0 saturated heterocycles. The van der Waals surface area contributed by atoms with Crippen molar-refractivity contribution in [2.75, 3.05) is 32.5 Å². The molecule has 0 atom stereocenters. The molecule has 1 aromatic carbocycles. The molecule has 0 radical (unpaired) electrons. The maximum Gasteiger partial charge on any atom is 0.160 e. The van der Waals surface area contributed by atoms with Gasteiger partial charge in [-0.2, -0.15) is 0 Å². The molecular weight excluding hydrogens is 250 g/mol. The third-order valence-electron chi connectivity index (χ3n) is 2.10. The molecule has 1 rings (SSSR count). The molecule has 5 heteroatoms. The fourth-order valence-corrected chi connectivity index (χ4v) is 1.77. The van der Waals surface area contributed by atoms with Crippen LogP contribution in [0.4, 0.5) is 10.1 Å². The normalized spacial score (nSPS) is 10.9. The van der Waals surface area contributed by atoms with E-state index in [1.165, 1.54) is 0 Å². The van der Waals surface area contributed by atoms with E-state index in [1.807, 2.05) is 14.1 Å². The molecular formula is C11H15Cl2FN2. The molecule has 0 aromatic heterocycles. The van der Waals surface area contributed by atoms with Crippen molar-refractivity contribution in [1.82, 2.24) is 4.90 Å². The Morgan fingerprint density at radius 3 is 2.31 bits per heavy atom. The molecule has 0 aliphatic heterocycles. The van der Waals surface area contributed by atoms with Crippen LogP contribution in [0.5, 0.6) is 0 Å². The van der Waals surface area contributed by atoms with E-state index in [0.717, 1.165) is 25.2 Å². The molecule has 0 unspecified atom stereocenters. The van der Waals surface area contributed by atoms with E-state index < -0.39 is 5.82 Å². The highest BCUT2D eigenvalue weighted by Crippen LogP contribution is 2.27. The Labute approximate surface area is 105 Å². The number of halogens is 3. The lowest BCUT2D eigenvalue weighted by Gasteiger charge is -2.11. The fourth-order valence-electron chi connectivity index (χ4n) is 1.29. The maximum absolute atomic E-state index is 13.1. The number of nitrogens with one attached hydrogen (secondary N) is 1. The predicted molar refractivity (Wildman–Crippen MR) is 68.1 cm³/mol. The van der Waals surface area contributed by atoms with Gasteiger partial charge >= 0.3 is 0 Å². The molecule has 16 heavy (non-hydrogen) atoms. The van der Waals surface area contributed by atoms with Gasteiger partial charge in [-0.3, -0.25) is 0 Å². The first kappa shape index (κ1) is 13.6. The summed E-state index contributed by atoms with van der Waals surface area (Å²) in [6.07, 6.45) is 1.000. The van der Waals surface area contributed by atoms with Gasteiger partial charge in [0.2, 0.25) is 0 Å². The van der Waals surface area contributed by atoms with Crippen LogP contribution < -0.4 is 5.32 Å². The Morgan fingerprint density at radius 1 is 1.25 bits per heavy atom. The van der Waals surface area contributed by atoms with E-state index in [1.54, 1.807) is 12.1 Å². The van der Waals surface area contributed by atoms with Crippen LogP contribution in [0, 0.1) is 5.82 Å². The van der Waals surface area contributed by atoms with Gasteiger partial charge < -0.3 is 10.2 Å². The average Bonchev–Trinajstić information content (AvgIpc) is 2.20. The molecule has 2 nitrogen and oxygen atoms in total. The second kappa shape index (κ2) is 6.28. The molecule has 0 bridgehead atoms. The molecule has 0 heterocycles. The van der Waals surface area contributed by atoms with Gasteiger partial charge in [-0.05, 0) is 39.2 Å². The first-order valence-corrected chi connectivity index (χ1v) is 5.79. The summed E-state index contributed by atoms with van der Waals surface area (Å²) >= 11 is 11.3. The predicted octanol–water partition coefficient (Wildman–Crippen LogP) is 3.50. The zero-order chi connectivity index (χ0) is 12.1. The number of nitrogens with zero attached hydrogens (tertiary/aromatic N) is 1. The summed E-state index contributed by atoms with van der Waals surface area (Å²) in [5.41, 5.74) is 0.746. The summed E-state index contributed by atoms with van der Waals surface area (Å²) < 4.78 is 13.1. The average molecular weight is 265 g/mol. The Kier molecular flexibility index (Phi) is 5.32. The zero-order valence-electron chi connectivity index (χ0n) is 9.36.